The van der Waals surface area contributed by atoms with Gasteiger partial charge in [0, 0.05) is 13.2 Å². The first-order valence-corrected chi connectivity index (χ1v) is 6.08. The van der Waals surface area contributed by atoms with Gasteiger partial charge in [0.2, 0.25) is 0 Å². The maximum absolute atomic E-state index is 11.8. The largest absolute Gasteiger partial charge is 0.411 e. The molecule has 0 aliphatic carbocycles. The number of likely N-dealkylation sites (tertiary alicyclic amines) is 1. The molecular formula is C11H21F3N2O. The fraction of sp³-hybridized carbons (Fsp3) is 1.00. The fourth-order valence-corrected chi connectivity index (χ4v) is 2.02. The Kier molecular flexibility index (Phi) is 6.22. The second-order valence-electron chi connectivity index (χ2n) is 4.54. The number of nitrogens with zero attached hydrogens (tertiary/aromatic N) is 1. The predicted molar refractivity (Wildman–Crippen MR) is 59.7 cm³/mol. The Morgan fingerprint density at radius 3 is 2.41 bits per heavy atom. The molecule has 102 valence electrons. The second-order valence-corrected chi connectivity index (χ2v) is 4.54. The average Bonchev–Trinajstić information content (AvgIpc) is 2.28. The predicted octanol–water partition coefficient (Wildman–Crippen LogP) is 1.63. The summed E-state index contributed by atoms with van der Waals surface area (Å²) in [6.07, 6.45) is -1.36. The van der Waals surface area contributed by atoms with Crippen molar-refractivity contribution in [2.75, 3.05) is 39.4 Å². The molecule has 0 saturated carbocycles. The van der Waals surface area contributed by atoms with E-state index in [1.165, 1.54) is 0 Å². The standard InChI is InChI=1S/C11H21F3N2O/c12-11(13,14)9-17-7-1-4-16-5-2-10(8-15)3-6-16/h10H,1-9,15H2. The molecule has 0 aromatic heterocycles. The molecule has 0 bridgehead atoms. The average molecular weight is 254 g/mol. The van der Waals surface area contributed by atoms with Crippen molar-refractivity contribution in [3.63, 3.8) is 0 Å². The molecule has 1 aliphatic heterocycles. The van der Waals surface area contributed by atoms with Crippen LogP contribution in [0.5, 0.6) is 0 Å². The van der Waals surface area contributed by atoms with Gasteiger partial charge in [0.25, 0.3) is 0 Å². The first-order chi connectivity index (χ1) is 8.01. The summed E-state index contributed by atoms with van der Waals surface area (Å²) >= 11 is 0. The van der Waals surface area contributed by atoms with Gasteiger partial charge in [-0.15, -0.1) is 0 Å². The van der Waals surface area contributed by atoms with Gasteiger partial charge >= 0.3 is 6.18 Å². The number of hydrogen-bond acceptors (Lipinski definition) is 3. The van der Waals surface area contributed by atoms with Crippen molar-refractivity contribution in [2.24, 2.45) is 11.7 Å². The second kappa shape index (κ2) is 7.18. The van der Waals surface area contributed by atoms with E-state index in [1.54, 1.807) is 0 Å². The lowest BCUT2D eigenvalue weighted by atomic mass is 9.97. The molecule has 3 nitrogen and oxygen atoms in total. The maximum atomic E-state index is 11.8. The molecule has 2 N–H and O–H groups in total. The first-order valence-electron chi connectivity index (χ1n) is 6.08. The van der Waals surface area contributed by atoms with E-state index in [2.05, 4.69) is 9.64 Å². The normalized spacial score (nSPS) is 19.8. The van der Waals surface area contributed by atoms with Crippen molar-refractivity contribution in [1.29, 1.82) is 0 Å². The van der Waals surface area contributed by atoms with Crippen LogP contribution in [0.3, 0.4) is 0 Å². The molecular weight excluding hydrogens is 233 g/mol. The van der Waals surface area contributed by atoms with E-state index in [9.17, 15) is 13.2 Å². The van der Waals surface area contributed by atoms with Gasteiger partial charge in [0.05, 0.1) is 0 Å². The Morgan fingerprint density at radius 1 is 1.24 bits per heavy atom. The van der Waals surface area contributed by atoms with Crippen LogP contribution in [0.4, 0.5) is 13.2 Å². The van der Waals surface area contributed by atoms with Gasteiger partial charge in [-0.1, -0.05) is 0 Å². The number of ether oxygens (including phenoxy) is 1. The van der Waals surface area contributed by atoms with Crippen molar-refractivity contribution in [2.45, 2.75) is 25.4 Å². The Balaban J connectivity index is 1.97. The summed E-state index contributed by atoms with van der Waals surface area (Å²) in [6.45, 7) is 2.60. The number of nitrogens with two attached hydrogens (primary N) is 1. The Labute approximate surface area is 100 Å². The molecule has 1 heterocycles. The minimum absolute atomic E-state index is 0.177. The van der Waals surface area contributed by atoms with Crippen LogP contribution in [0.1, 0.15) is 19.3 Å². The smallest absolute Gasteiger partial charge is 0.372 e. The molecule has 0 aromatic rings. The van der Waals surface area contributed by atoms with E-state index in [1.807, 2.05) is 0 Å². The van der Waals surface area contributed by atoms with Gasteiger partial charge in [0.15, 0.2) is 0 Å². The van der Waals surface area contributed by atoms with Crippen LogP contribution in [-0.2, 0) is 4.74 Å². The van der Waals surface area contributed by atoms with E-state index < -0.39 is 12.8 Å². The minimum Gasteiger partial charge on any atom is -0.372 e. The lowest BCUT2D eigenvalue weighted by molar-refractivity contribution is -0.174. The highest BCUT2D eigenvalue weighted by Gasteiger charge is 2.27. The van der Waals surface area contributed by atoms with E-state index in [-0.39, 0.29) is 6.61 Å². The summed E-state index contributed by atoms with van der Waals surface area (Å²) in [7, 11) is 0. The number of rotatable bonds is 6. The first kappa shape index (κ1) is 14.7. The topological polar surface area (TPSA) is 38.5 Å². The zero-order chi connectivity index (χ0) is 12.7. The molecule has 1 rings (SSSR count). The number of piperidine rings is 1. The minimum atomic E-state index is -4.21. The molecule has 6 heteroatoms. The Hall–Kier alpha value is -0.330. The van der Waals surface area contributed by atoms with Gasteiger partial charge in [-0.25, -0.2) is 0 Å². The van der Waals surface area contributed by atoms with Gasteiger partial charge in [-0.3, -0.25) is 0 Å². The van der Waals surface area contributed by atoms with Crippen molar-refractivity contribution in [1.82, 2.24) is 4.90 Å². The maximum Gasteiger partial charge on any atom is 0.411 e. The molecule has 1 fully saturated rings. The highest BCUT2D eigenvalue weighted by Crippen LogP contribution is 2.16. The fourth-order valence-electron chi connectivity index (χ4n) is 2.02. The molecule has 17 heavy (non-hydrogen) atoms. The highest BCUT2D eigenvalue weighted by molar-refractivity contribution is 4.72. The molecule has 0 radical (unpaired) electrons. The summed E-state index contributed by atoms with van der Waals surface area (Å²) in [4.78, 5) is 2.27. The van der Waals surface area contributed by atoms with Gasteiger partial charge < -0.3 is 15.4 Å². The third kappa shape index (κ3) is 6.85. The van der Waals surface area contributed by atoms with Gasteiger partial charge in [0.1, 0.15) is 6.61 Å². The van der Waals surface area contributed by atoms with Crippen molar-refractivity contribution in [3.8, 4) is 0 Å². The lowest BCUT2D eigenvalue weighted by Gasteiger charge is -2.31. The molecule has 0 spiro atoms. The SMILES string of the molecule is NCC1CCN(CCCOCC(F)(F)F)CC1. The van der Waals surface area contributed by atoms with Crippen molar-refractivity contribution >= 4 is 0 Å². The molecule has 0 atom stereocenters. The Bertz CT molecular complexity index is 203. The monoisotopic (exact) mass is 254 g/mol. The molecule has 0 aromatic carbocycles. The third-order valence-corrected chi connectivity index (χ3v) is 3.07. The summed E-state index contributed by atoms with van der Waals surface area (Å²) in [5.74, 6) is 0.618. The molecule has 1 aliphatic rings. The zero-order valence-electron chi connectivity index (χ0n) is 10.0. The summed E-state index contributed by atoms with van der Waals surface area (Å²) in [6, 6.07) is 0. The van der Waals surface area contributed by atoms with Crippen LogP contribution in [-0.4, -0.2) is 50.5 Å². The van der Waals surface area contributed by atoms with Crippen LogP contribution >= 0.6 is 0 Å². The number of hydrogen-bond donors (Lipinski definition) is 1. The molecule has 0 unspecified atom stereocenters. The summed E-state index contributed by atoms with van der Waals surface area (Å²) in [5.41, 5.74) is 5.58. The quantitative estimate of drug-likeness (QED) is 0.732. The van der Waals surface area contributed by atoms with Crippen LogP contribution in [0, 0.1) is 5.92 Å². The van der Waals surface area contributed by atoms with Crippen LogP contribution < -0.4 is 5.73 Å². The number of alkyl halides is 3. The van der Waals surface area contributed by atoms with E-state index >= 15 is 0 Å². The van der Waals surface area contributed by atoms with Crippen LogP contribution in [0.25, 0.3) is 0 Å². The van der Waals surface area contributed by atoms with E-state index in [0.29, 0.717) is 12.3 Å². The number of halogens is 3. The zero-order valence-corrected chi connectivity index (χ0v) is 10.0. The van der Waals surface area contributed by atoms with Gasteiger partial charge in [-0.05, 0) is 44.8 Å². The van der Waals surface area contributed by atoms with Crippen LogP contribution in [0.15, 0.2) is 0 Å². The summed E-state index contributed by atoms with van der Waals surface area (Å²) in [5, 5.41) is 0. The van der Waals surface area contributed by atoms with E-state index in [0.717, 1.165) is 39.0 Å². The Morgan fingerprint density at radius 2 is 1.88 bits per heavy atom. The van der Waals surface area contributed by atoms with E-state index in [4.69, 9.17) is 5.73 Å². The third-order valence-electron chi connectivity index (χ3n) is 3.07. The van der Waals surface area contributed by atoms with Crippen molar-refractivity contribution in [3.05, 3.63) is 0 Å². The molecule has 0 amide bonds. The molecule has 1 saturated heterocycles. The summed E-state index contributed by atoms with van der Waals surface area (Å²) < 4.78 is 39.9. The highest BCUT2D eigenvalue weighted by atomic mass is 19.4. The van der Waals surface area contributed by atoms with Gasteiger partial charge in [-0.2, -0.15) is 13.2 Å². The van der Waals surface area contributed by atoms with Crippen LogP contribution in [0.2, 0.25) is 0 Å². The van der Waals surface area contributed by atoms with Crippen molar-refractivity contribution < 1.29 is 17.9 Å². The lowest BCUT2D eigenvalue weighted by Crippen LogP contribution is -2.37.